The van der Waals surface area contributed by atoms with E-state index < -0.39 is 0 Å². The molecule has 1 aromatic rings. The van der Waals surface area contributed by atoms with Gasteiger partial charge in [-0.05, 0) is 19.4 Å². The molecular weight excluding hydrogens is 188 g/mol. The fraction of sp³-hybridized carbons (Fsp3) is 0.667. The zero-order valence-corrected chi connectivity index (χ0v) is 8.79. The highest BCUT2D eigenvalue weighted by Gasteiger charge is 2.08. The van der Waals surface area contributed by atoms with Gasteiger partial charge in [0.05, 0.1) is 11.6 Å². The number of nitrogens with zero attached hydrogens (tertiary/aromatic N) is 2. The molecule has 0 amide bonds. The van der Waals surface area contributed by atoms with Crippen molar-refractivity contribution in [3.63, 3.8) is 0 Å². The summed E-state index contributed by atoms with van der Waals surface area (Å²) in [6.45, 7) is 4.76. The molecule has 0 aliphatic heterocycles. The number of halogens is 1. The minimum absolute atomic E-state index is 0.0435. The Morgan fingerprint density at radius 2 is 2.38 bits per heavy atom. The number of alkyl halides is 1. The maximum Gasteiger partial charge on any atom is 0.149 e. The Morgan fingerprint density at radius 1 is 1.62 bits per heavy atom. The SMILES string of the molecule is CCOC(CC)n1ccc(CCl)n1. The zero-order valence-electron chi connectivity index (χ0n) is 8.03. The summed E-state index contributed by atoms with van der Waals surface area (Å²) in [7, 11) is 0. The Labute approximate surface area is 83.6 Å². The van der Waals surface area contributed by atoms with Gasteiger partial charge < -0.3 is 4.74 Å². The van der Waals surface area contributed by atoms with Crippen molar-refractivity contribution in [2.45, 2.75) is 32.4 Å². The van der Waals surface area contributed by atoms with E-state index in [0.717, 1.165) is 12.1 Å². The van der Waals surface area contributed by atoms with Crippen molar-refractivity contribution in [2.75, 3.05) is 6.61 Å². The lowest BCUT2D eigenvalue weighted by Crippen LogP contribution is -2.12. The Bertz CT molecular complexity index is 250. The molecule has 1 rings (SSSR count). The van der Waals surface area contributed by atoms with Crippen molar-refractivity contribution in [3.8, 4) is 0 Å². The topological polar surface area (TPSA) is 27.1 Å². The molecule has 0 bridgehead atoms. The maximum absolute atomic E-state index is 5.65. The number of rotatable bonds is 5. The van der Waals surface area contributed by atoms with E-state index >= 15 is 0 Å². The summed E-state index contributed by atoms with van der Waals surface area (Å²) >= 11 is 5.65. The molecule has 0 aliphatic carbocycles. The van der Waals surface area contributed by atoms with Gasteiger partial charge in [-0.15, -0.1) is 11.6 Å². The second-order valence-corrected chi connectivity index (χ2v) is 3.01. The average molecular weight is 203 g/mol. The smallest absolute Gasteiger partial charge is 0.149 e. The molecule has 0 fully saturated rings. The van der Waals surface area contributed by atoms with Crippen molar-refractivity contribution in [3.05, 3.63) is 18.0 Å². The second-order valence-electron chi connectivity index (χ2n) is 2.74. The van der Waals surface area contributed by atoms with Crippen molar-refractivity contribution in [1.29, 1.82) is 0 Å². The van der Waals surface area contributed by atoms with Crippen molar-refractivity contribution < 1.29 is 4.74 Å². The summed E-state index contributed by atoms with van der Waals surface area (Å²) in [5.41, 5.74) is 0.889. The van der Waals surface area contributed by atoms with Crippen LogP contribution in [-0.2, 0) is 10.6 Å². The van der Waals surface area contributed by atoms with Crippen LogP contribution < -0.4 is 0 Å². The summed E-state index contributed by atoms with van der Waals surface area (Å²) in [5.74, 6) is 0.454. The largest absolute Gasteiger partial charge is 0.357 e. The summed E-state index contributed by atoms with van der Waals surface area (Å²) in [5, 5.41) is 4.28. The summed E-state index contributed by atoms with van der Waals surface area (Å²) in [6.07, 6.45) is 2.86. The highest BCUT2D eigenvalue weighted by Crippen LogP contribution is 2.12. The van der Waals surface area contributed by atoms with Crippen LogP contribution in [0.4, 0.5) is 0 Å². The quantitative estimate of drug-likeness (QED) is 0.687. The fourth-order valence-electron chi connectivity index (χ4n) is 1.18. The second kappa shape index (κ2) is 5.25. The molecule has 1 heterocycles. The van der Waals surface area contributed by atoms with Gasteiger partial charge in [0.15, 0.2) is 0 Å². The molecule has 0 spiro atoms. The van der Waals surface area contributed by atoms with Crippen LogP contribution in [0.3, 0.4) is 0 Å². The number of aromatic nitrogens is 2. The van der Waals surface area contributed by atoms with Crippen molar-refractivity contribution >= 4 is 11.6 Å². The number of ether oxygens (including phenoxy) is 1. The summed E-state index contributed by atoms with van der Waals surface area (Å²) < 4.78 is 7.31. The highest BCUT2D eigenvalue weighted by molar-refractivity contribution is 6.16. The van der Waals surface area contributed by atoms with Crippen molar-refractivity contribution in [1.82, 2.24) is 9.78 Å². The molecule has 74 valence electrons. The normalized spacial score (nSPS) is 13.2. The molecule has 1 aromatic heterocycles. The molecule has 0 aromatic carbocycles. The van der Waals surface area contributed by atoms with Crippen LogP contribution in [0.1, 0.15) is 32.2 Å². The first kappa shape index (κ1) is 10.5. The standard InChI is InChI=1S/C9H15ClN2O/c1-3-9(13-4-2)12-6-5-8(7-10)11-12/h5-6,9H,3-4,7H2,1-2H3. The van der Waals surface area contributed by atoms with E-state index in [2.05, 4.69) is 12.0 Å². The zero-order chi connectivity index (χ0) is 9.68. The lowest BCUT2D eigenvalue weighted by Gasteiger charge is -2.14. The van der Waals surface area contributed by atoms with Gasteiger partial charge in [-0.2, -0.15) is 5.10 Å². The summed E-state index contributed by atoms with van der Waals surface area (Å²) in [6, 6.07) is 1.91. The Balaban J connectivity index is 2.67. The highest BCUT2D eigenvalue weighted by atomic mass is 35.5. The lowest BCUT2D eigenvalue weighted by molar-refractivity contribution is -0.00123. The molecule has 1 atom stereocenters. The van der Waals surface area contributed by atoms with E-state index in [9.17, 15) is 0 Å². The van der Waals surface area contributed by atoms with E-state index in [1.165, 1.54) is 0 Å². The average Bonchev–Trinajstić information content (AvgIpc) is 2.62. The van der Waals surface area contributed by atoms with E-state index in [0.29, 0.717) is 12.5 Å². The first-order chi connectivity index (χ1) is 6.31. The summed E-state index contributed by atoms with van der Waals surface area (Å²) in [4.78, 5) is 0. The monoisotopic (exact) mass is 202 g/mol. The van der Waals surface area contributed by atoms with Crippen LogP contribution >= 0.6 is 11.6 Å². The fourth-order valence-corrected chi connectivity index (χ4v) is 1.33. The van der Waals surface area contributed by atoms with Gasteiger partial charge in [0.2, 0.25) is 0 Å². The molecule has 0 N–H and O–H groups in total. The maximum atomic E-state index is 5.65. The van der Waals surface area contributed by atoms with E-state index in [1.54, 1.807) is 0 Å². The van der Waals surface area contributed by atoms with Gasteiger partial charge in [-0.3, -0.25) is 0 Å². The van der Waals surface area contributed by atoms with Gasteiger partial charge >= 0.3 is 0 Å². The Kier molecular flexibility index (Phi) is 4.25. The molecule has 0 saturated heterocycles. The van der Waals surface area contributed by atoms with Crippen LogP contribution in [0.25, 0.3) is 0 Å². The minimum atomic E-state index is 0.0435. The first-order valence-corrected chi connectivity index (χ1v) is 5.06. The van der Waals surface area contributed by atoms with E-state index in [1.807, 2.05) is 23.9 Å². The molecule has 13 heavy (non-hydrogen) atoms. The molecule has 1 unspecified atom stereocenters. The Hall–Kier alpha value is -0.540. The van der Waals surface area contributed by atoms with E-state index in [-0.39, 0.29) is 6.23 Å². The predicted molar refractivity (Wildman–Crippen MR) is 52.7 cm³/mol. The molecule has 4 heteroatoms. The third-order valence-corrected chi connectivity index (χ3v) is 2.08. The first-order valence-electron chi connectivity index (χ1n) is 4.53. The van der Waals surface area contributed by atoms with Gasteiger partial charge in [0, 0.05) is 12.8 Å². The number of hydrogen-bond donors (Lipinski definition) is 0. The Morgan fingerprint density at radius 3 is 2.85 bits per heavy atom. The van der Waals surface area contributed by atoms with Gasteiger partial charge in [0.25, 0.3) is 0 Å². The third-order valence-electron chi connectivity index (χ3n) is 1.80. The predicted octanol–water partition coefficient (Wildman–Crippen LogP) is 2.57. The van der Waals surface area contributed by atoms with E-state index in [4.69, 9.17) is 16.3 Å². The number of hydrogen-bond acceptors (Lipinski definition) is 2. The van der Waals surface area contributed by atoms with Crippen LogP contribution in [0, 0.1) is 0 Å². The molecule has 0 aliphatic rings. The van der Waals surface area contributed by atoms with Crippen LogP contribution in [-0.4, -0.2) is 16.4 Å². The van der Waals surface area contributed by atoms with Crippen molar-refractivity contribution in [2.24, 2.45) is 0 Å². The third kappa shape index (κ3) is 2.71. The molecule has 0 saturated carbocycles. The van der Waals surface area contributed by atoms with Gasteiger partial charge in [-0.25, -0.2) is 4.68 Å². The lowest BCUT2D eigenvalue weighted by atomic mass is 10.4. The van der Waals surface area contributed by atoms with Crippen LogP contribution in [0.2, 0.25) is 0 Å². The minimum Gasteiger partial charge on any atom is -0.357 e. The molecular formula is C9H15ClN2O. The van der Waals surface area contributed by atoms with Crippen LogP contribution in [0.5, 0.6) is 0 Å². The molecule has 0 radical (unpaired) electrons. The van der Waals surface area contributed by atoms with Crippen LogP contribution in [0.15, 0.2) is 12.3 Å². The van der Waals surface area contributed by atoms with Gasteiger partial charge in [-0.1, -0.05) is 6.92 Å². The molecule has 3 nitrogen and oxygen atoms in total. The van der Waals surface area contributed by atoms with Gasteiger partial charge in [0.1, 0.15) is 6.23 Å².